The van der Waals surface area contributed by atoms with Crippen LogP contribution in [-0.4, -0.2) is 20.9 Å². The van der Waals surface area contributed by atoms with E-state index in [9.17, 15) is 4.79 Å². The quantitative estimate of drug-likeness (QED) is 0.947. The Bertz CT molecular complexity index is 546. The van der Waals surface area contributed by atoms with Crippen molar-refractivity contribution in [2.45, 2.75) is 13.5 Å². The third kappa shape index (κ3) is 2.55. The Morgan fingerprint density at radius 3 is 2.65 bits per heavy atom. The molecule has 0 saturated carbocycles. The normalized spacial score (nSPS) is 10.5. The number of hydrogen-bond acceptors (Lipinski definition) is 2. The molecule has 0 fully saturated rings. The van der Waals surface area contributed by atoms with Crippen molar-refractivity contribution in [3.05, 3.63) is 51.8 Å². The molecule has 1 aromatic carbocycles. The van der Waals surface area contributed by atoms with E-state index in [4.69, 9.17) is 5.11 Å². The molecular weight excluding hydrogens is 284 g/mol. The molecule has 4 nitrogen and oxygen atoms in total. The summed E-state index contributed by atoms with van der Waals surface area (Å²) < 4.78 is 1.97. The number of benzene rings is 1. The maximum Gasteiger partial charge on any atom is 0.355 e. The van der Waals surface area contributed by atoms with E-state index < -0.39 is 5.97 Å². The fourth-order valence-electron chi connectivity index (χ4n) is 1.56. The lowest BCUT2D eigenvalue weighted by molar-refractivity contribution is 0.0683. The van der Waals surface area contributed by atoms with E-state index in [1.54, 1.807) is 0 Å². The van der Waals surface area contributed by atoms with Gasteiger partial charge in [0.25, 0.3) is 0 Å². The molecule has 5 heteroatoms. The van der Waals surface area contributed by atoms with Gasteiger partial charge in [-0.2, -0.15) is 5.10 Å². The predicted molar refractivity (Wildman–Crippen MR) is 67.2 cm³/mol. The van der Waals surface area contributed by atoms with E-state index in [1.807, 2.05) is 31.2 Å². The van der Waals surface area contributed by atoms with Gasteiger partial charge in [0.1, 0.15) is 0 Å². The number of aryl methyl sites for hydroxylation is 1. The first-order valence-electron chi connectivity index (χ1n) is 5.08. The number of nitrogens with zero attached hydrogens (tertiary/aromatic N) is 2. The van der Waals surface area contributed by atoms with Crippen molar-refractivity contribution in [1.82, 2.24) is 9.78 Å². The largest absolute Gasteiger partial charge is 0.476 e. The second kappa shape index (κ2) is 4.71. The SMILES string of the molecule is Cc1ccc(Cn2ncc(Br)c2C(=O)O)cc1. The van der Waals surface area contributed by atoms with Gasteiger partial charge in [-0.1, -0.05) is 29.8 Å². The van der Waals surface area contributed by atoms with E-state index in [0.29, 0.717) is 11.0 Å². The highest BCUT2D eigenvalue weighted by atomic mass is 79.9. The minimum Gasteiger partial charge on any atom is -0.476 e. The molecule has 2 rings (SSSR count). The summed E-state index contributed by atoms with van der Waals surface area (Å²) in [5, 5.41) is 13.1. The first-order chi connectivity index (χ1) is 8.08. The van der Waals surface area contributed by atoms with Crippen molar-refractivity contribution >= 4 is 21.9 Å². The minimum absolute atomic E-state index is 0.172. The average Bonchev–Trinajstić information content (AvgIpc) is 2.63. The predicted octanol–water partition coefficient (Wildman–Crippen LogP) is 2.70. The molecule has 0 bridgehead atoms. The first-order valence-corrected chi connectivity index (χ1v) is 5.87. The molecule has 0 amide bonds. The number of halogens is 1. The Morgan fingerprint density at radius 1 is 1.41 bits per heavy atom. The highest BCUT2D eigenvalue weighted by molar-refractivity contribution is 9.10. The number of hydrogen-bond donors (Lipinski definition) is 1. The van der Waals surface area contributed by atoms with Gasteiger partial charge in [0, 0.05) is 0 Å². The third-order valence-corrected chi connectivity index (χ3v) is 3.03. The number of aromatic nitrogens is 2. The van der Waals surface area contributed by atoms with Crippen LogP contribution in [-0.2, 0) is 6.54 Å². The monoisotopic (exact) mass is 294 g/mol. The molecule has 0 aliphatic heterocycles. The number of rotatable bonds is 3. The van der Waals surface area contributed by atoms with Crippen LogP contribution in [0.4, 0.5) is 0 Å². The molecule has 0 spiro atoms. The van der Waals surface area contributed by atoms with Gasteiger partial charge in [-0.15, -0.1) is 0 Å². The number of carbonyl (C=O) groups is 1. The maximum atomic E-state index is 11.1. The Hall–Kier alpha value is -1.62. The molecule has 17 heavy (non-hydrogen) atoms. The molecule has 0 radical (unpaired) electrons. The van der Waals surface area contributed by atoms with E-state index in [-0.39, 0.29) is 5.69 Å². The number of carboxylic acids is 1. The van der Waals surface area contributed by atoms with E-state index >= 15 is 0 Å². The molecular formula is C12H11BrN2O2. The zero-order valence-corrected chi connectivity index (χ0v) is 10.8. The van der Waals surface area contributed by atoms with E-state index in [0.717, 1.165) is 5.56 Å². The molecule has 0 aliphatic carbocycles. The van der Waals surface area contributed by atoms with Gasteiger partial charge in [0.2, 0.25) is 0 Å². The van der Waals surface area contributed by atoms with Crippen LogP contribution in [0.1, 0.15) is 21.6 Å². The van der Waals surface area contributed by atoms with Crippen LogP contribution in [0, 0.1) is 6.92 Å². The van der Waals surface area contributed by atoms with Crippen LogP contribution < -0.4 is 0 Å². The van der Waals surface area contributed by atoms with Gasteiger partial charge in [-0.05, 0) is 28.4 Å². The number of aromatic carboxylic acids is 1. The molecule has 0 saturated heterocycles. The summed E-state index contributed by atoms with van der Waals surface area (Å²) in [4.78, 5) is 11.1. The van der Waals surface area contributed by atoms with Gasteiger partial charge >= 0.3 is 5.97 Å². The van der Waals surface area contributed by atoms with Crippen LogP contribution in [0.2, 0.25) is 0 Å². The summed E-state index contributed by atoms with van der Waals surface area (Å²) in [6, 6.07) is 7.93. The standard InChI is InChI=1S/C12H11BrN2O2/c1-8-2-4-9(5-3-8)7-15-11(12(16)17)10(13)6-14-15/h2-6H,7H2,1H3,(H,16,17). The zero-order chi connectivity index (χ0) is 12.4. The Kier molecular flexibility index (Phi) is 3.28. The summed E-state index contributed by atoms with van der Waals surface area (Å²) in [5.41, 5.74) is 2.37. The van der Waals surface area contributed by atoms with Crippen molar-refractivity contribution < 1.29 is 9.90 Å². The smallest absolute Gasteiger partial charge is 0.355 e. The number of carboxylic acid groups (broad SMARTS) is 1. The van der Waals surface area contributed by atoms with Gasteiger partial charge in [0.15, 0.2) is 5.69 Å². The summed E-state index contributed by atoms with van der Waals surface area (Å²) >= 11 is 3.18. The van der Waals surface area contributed by atoms with Crippen molar-refractivity contribution in [1.29, 1.82) is 0 Å². The third-order valence-electron chi connectivity index (χ3n) is 2.45. The minimum atomic E-state index is -0.985. The van der Waals surface area contributed by atoms with Crippen LogP contribution in [0.15, 0.2) is 34.9 Å². The van der Waals surface area contributed by atoms with Crippen molar-refractivity contribution in [3.63, 3.8) is 0 Å². The lowest BCUT2D eigenvalue weighted by Gasteiger charge is -2.05. The Balaban J connectivity index is 2.30. The summed E-state index contributed by atoms with van der Waals surface area (Å²) in [7, 11) is 0. The van der Waals surface area contributed by atoms with E-state index in [2.05, 4.69) is 21.0 Å². The molecule has 1 N–H and O–H groups in total. The summed E-state index contributed by atoms with van der Waals surface area (Å²) in [6.07, 6.45) is 1.50. The molecule has 1 aromatic heterocycles. The van der Waals surface area contributed by atoms with Crippen LogP contribution in [0.5, 0.6) is 0 Å². The molecule has 0 unspecified atom stereocenters. The van der Waals surface area contributed by atoms with Crippen molar-refractivity contribution in [3.8, 4) is 0 Å². The Labute approximate surface area is 107 Å². The van der Waals surface area contributed by atoms with E-state index in [1.165, 1.54) is 16.4 Å². The molecule has 0 atom stereocenters. The van der Waals surface area contributed by atoms with Gasteiger partial charge in [-0.3, -0.25) is 4.68 Å². The Morgan fingerprint density at radius 2 is 2.06 bits per heavy atom. The maximum absolute atomic E-state index is 11.1. The second-order valence-electron chi connectivity index (χ2n) is 3.79. The van der Waals surface area contributed by atoms with Crippen LogP contribution in [0.3, 0.4) is 0 Å². The van der Waals surface area contributed by atoms with Gasteiger partial charge < -0.3 is 5.11 Å². The van der Waals surface area contributed by atoms with Gasteiger partial charge in [0.05, 0.1) is 17.2 Å². The second-order valence-corrected chi connectivity index (χ2v) is 4.64. The van der Waals surface area contributed by atoms with Crippen LogP contribution in [0.25, 0.3) is 0 Å². The van der Waals surface area contributed by atoms with Gasteiger partial charge in [-0.25, -0.2) is 4.79 Å². The molecule has 1 heterocycles. The fourth-order valence-corrected chi connectivity index (χ4v) is 2.03. The molecule has 2 aromatic rings. The highest BCUT2D eigenvalue weighted by Gasteiger charge is 2.15. The molecule has 0 aliphatic rings. The topological polar surface area (TPSA) is 55.1 Å². The average molecular weight is 295 g/mol. The van der Waals surface area contributed by atoms with Crippen molar-refractivity contribution in [2.24, 2.45) is 0 Å². The zero-order valence-electron chi connectivity index (χ0n) is 9.22. The fraction of sp³-hybridized carbons (Fsp3) is 0.167. The molecule has 88 valence electrons. The summed E-state index contributed by atoms with van der Waals surface area (Å²) in [6.45, 7) is 2.46. The lowest BCUT2D eigenvalue weighted by atomic mass is 10.1. The van der Waals surface area contributed by atoms with Crippen molar-refractivity contribution in [2.75, 3.05) is 0 Å². The van der Waals surface area contributed by atoms with Crippen LogP contribution >= 0.6 is 15.9 Å². The highest BCUT2D eigenvalue weighted by Crippen LogP contribution is 2.17. The first kappa shape index (κ1) is 11.9. The summed E-state index contributed by atoms with van der Waals surface area (Å²) in [5.74, 6) is -0.985. The lowest BCUT2D eigenvalue weighted by Crippen LogP contribution is -2.11.